The molecule has 1 aliphatic carbocycles. The molecule has 0 bridgehead atoms. The molecular formula is C14H12BrFN2O. The Morgan fingerprint density at radius 1 is 1.26 bits per heavy atom. The largest absolute Gasteiger partial charge is 0.476 e. The summed E-state index contributed by atoms with van der Waals surface area (Å²) in [5.41, 5.74) is 2.02. The lowest BCUT2D eigenvalue weighted by molar-refractivity contribution is 0.147. The van der Waals surface area contributed by atoms with Crippen molar-refractivity contribution in [3.8, 4) is 17.1 Å². The molecule has 2 aliphatic rings. The van der Waals surface area contributed by atoms with Crippen LogP contribution < -0.4 is 4.74 Å². The number of halogens is 2. The van der Waals surface area contributed by atoms with Crippen molar-refractivity contribution in [1.82, 2.24) is 9.78 Å². The predicted octanol–water partition coefficient (Wildman–Crippen LogP) is 3.62. The van der Waals surface area contributed by atoms with Crippen LogP contribution in [0.1, 0.15) is 12.8 Å². The molecule has 0 unspecified atom stereocenters. The van der Waals surface area contributed by atoms with Crippen LogP contribution in [-0.2, 0) is 6.54 Å². The topological polar surface area (TPSA) is 27.1 Å². The van der Waals surface area contributed by atoms with E-state index in [9.17, 15) is 4.39 Å². The molecule has 0 saturated heterocycles. The number of ether oxygens (including phenoxy) is 1. The minimum atomic E-state index is -0.239. The van der Waals surface area contributed by atoms with E-state index in [1.807, 2.05) is 4.68 Å². The minimum absolute atomic E-state index is 0.239. The van der Waals surface area contributed by atoms with Gasteiger partial charge >= 0.3 is 0 Å². The van der Waals surface area contributed by atoms with Crippen molar-refractivity contribution in [2.75, 3.05) is 6.61 Å². The highest BCUT2D eigenvalue weighted by Gasteiger charge is 2.47. The van der Waals surface area contributed by atoms with E-state index in [-0.39, 0.29) is 5.82 Å². The third kappa shape index (κ3) is 1.79. The van der Waals surface area contributed by atoms with Gasteiger partial charge in [-0.15, -0.1) is 0 Å². The molecule has 0 radical (unpaired) electrons. The number of nitrogens with zero attached hydrogens (tertiary/aromatic N) is 2. The number of fused-ring (bicyclic) bond motifs is 1. The molecular weight excluding hydrogens is 311 g/mol. The van der Waals surface area contributed by atoms with Crippen molar-refractivity contribution in [1.29, 1.82) is 0 Å². The number of hydrogen-bond donors (Lipinski definition) is 0. The standard InChI is InChI=1S/C14H12BrFN2O/c15-11-12(9-1-3-10(16)4-2-9)17-18-7-14(5-6-14)8-19-13(11)18/h1-4H,5-8H2. The lowest BCUT2D eigenvalue weighted by Crippen LogP contribution is -2.27. The maximum Gasteiger partial charge on any atom is 0.227 e. The summed E-state index contributed by atoms with van der Waals surface area (Å²) in [7, 11) is 0. The molecule has 1 aliphatic heterocycles. The van der Waals surface area contributed by atoms with Gasteiger partial charge in [-0.1, -0.05) is 0 Å². The third-order valence-corrected chi connectivity index (χ3v) is 4.64. The van der Waals surface area contributed by atoms with Crippen molar-refractivity contribution in [2.24, 2.45) is 5.41 Å². The summed E-state index contributed by atoms with van der Waals surface area (Å²) in [4.78, 5) is 0. The number of rotatable bonds is 1. The lowest BCUT2D eigenvalue weighted by Gasteiger charge is -2.23. The van der Waals surface area contributed by atoms with Gasteiger partial charge < -0.3 is 4.74 Å². The van der Waals surface area contributed by atoms with Crippen molar-refractivity contribution in [3.63, 3.8) is 0 Å². The molecule has 0 amide bonds. The summed E-state index contributed by atoms with van der Waals surface area (Å²) < 4.78 is 21.6. The number of aromatic nitrogens is 2. The van der Waals surface area contributed by atoms with E-state index >= 15 is 0 Å². The molecule has 2 heterocycles. The molecule has 5 heteroatoms. The molecule has 4 rings (SSSR count). The predicted molar refractivity (Wildman–Crippen MR) is 72.5 cm³/mol. The van der Waals surface area contributed by atoms with Gasteiger partial charge in [-0.3, -0.25) is 0 Å². The summed E-state index contributed by atoms with van der Waals surface area (Å²) in [6, 6.07) is 6.37. The van der Waals surface area contributed by atoms with Crippen LogP contribution >= 0.6 is 15.9 Å². The van der Waals surface area contributed by atoms with E-state index < -0.39 is 0 Å². The molecule has 0 atom stereocenters. The van der Waals surface area contributed by atoms with Crippen LogP contribution in [0.2, 0.25) is 0 Å². The zero-order chi connectivity index (χ0) is 13.0. The Balaban J connectivity index is 1.77. The van der Waals surface area contributed by atoms with Crippen LogP contribution in [-0.4, -0.2) is 16.4 Å². The third-order valence-electron chi connectivity index (χ3n) is 3.93. The smallest absolute Gasteiger partial charge is 0.227 e. The zero-order valence-electron chi connectivity index (χ0n) is 10.2. The summed E-state index contributed by atoms with van der Waals surface area (Å²) in [6.07, 6.45) is 2.44. The molecule has 98 valence electrons. The first-order valence-corrected chi connectivity index (χ1v) is 7.11. The van der Waals surface area contributed by atoms with E-state index in [1.54, 1.807) is 12.1 Å². The summed E-state index contributed by atoms with van der Waals surface area (Å²) >= 11 is 3.55. The van der Waals surface area contributed by atoms with Crippen molar-refractivity contribution >= 4 is 15.9 Å². The van der Waals surface area contributed by atoms with Crippen LogP contribution in [0.15, 0.2) is 28.7 Å². The maximum atomic E-state index is 13.0. The van der Waals surface area contributed by atoms with Crippen LogP contribution in [0.25, 0.3) is 11.3 Å². The van der Waals surface area contributed by atoms with Gasteiger partial charge in [0.1, 0.15) is 16.0 Å². The average molecular weight is 323 g/mol. The fraction of sp³-hybridized carbons (Fsp3) is 0.357. The van der Waals surface area contributed by atoms with E-state index in [0.717, 1.165) is 34.8 Å². The van der Waals surface area contributed by atoms with Crippen LogP contribution in [0.4, 0.5) is 4.39 Å². The Morgan fingerprint density at radius 2 is 2.00 bits per heavy atom. The minimum Gasteiger partial charge on any atom is -0.476 e. The second-order valence-corrected chi connectivity index (χ2v) is 6.21. The Morgan fingerprint density at radius 3 is 2.68 bits per heavy atom. The van der Waals surface area contributed by atoms with Crippen LogP contribution in [0.3, 0.4) is 0 Å². The maximum absolute atomic E-state index is 13.0. The molecule has 1 spiro atoms. The van der Waals surface area contributed by atoms with Crippen molar-refractivity contribution < 1.29 is 9.13 Å². The Bertz CT molecular complexity index is 646. The van der Waals surface area contributed by atoms with Gasteiger partial charge in [-0.2, -0.15) is 5.10 Å². The second kappa shape index (κ2) is 3.82. The first-order chi connectivity index (χ1) is 9.17. The Labute approximate surface area is 118 Å². The van der Waals surface area contributed by atoms with Gasteiger partial charge in [0.15, 0.2) is 0 Å². The van der Waals surface area contributed by atoms with E-state index in [4.69, 9.17) is 4.74 Å². The molecule has 0 N–H and O–H groups in total. The van der Waals surface area contributed by atoms with Crippen molar-refractivity contribution in [2.45, 2.75) is 19.4 Å². The van der Waals surface area contributed by atoms with Crippen LogP contribution in [0, 0.1) is 11.2 Å². The highest BCUT2D eigenvalue weighted by molar-refractivity contribution is 9.10. The Hall–Kier alpha value is -1.36. The monoisotopic (exact) mass is 322 g/mol. The molecule has 3 nitrogen and oxygen atoms in total. The fourth-order valence-electron chi connectivity index (χ4n) is 2.53. The average Bonchev–Trinajstić information content (AvgIpc) is 3.07. The quantitative estimate of drug-likeness (QED) is 0.801. The lowest BCUT2D eigenvalue weighted by atomic mass is 10.1. The highest BCUT2D eigenvalue weighted by atomic mass is 79.9. The van der Waals surface area contributed by atoms with E-state index in [1.165, 1.54) is 25.0 Å². The molecule has 1 saturated carbocycles. The van der Waals surface area contributed by atoms with Gasteiger partial charge in [-0.25, -0.2) is 9.07 Å². The highest BCUT2D eigenvalue weighted by Crippen LogP contribution is 2.51. The first-order valence-electron chi connectivity index (χ1n) is 6.32. The number of hydrogen-bond acceptors (Lipinski definition) is 2. The molecule has 19 heavy (non-hydrogen) atoms. The molecule has 1 fully saturated rings. The van der Waals surface area contributed by atoms with Crippen LogP contribution in [0.5, 0.6) is 5.88 Å². The normalized spacial score (nSPS) is 19.1. The van der Waals surface area contributed by atoms with Gasteiger partial charge in [0.2, 0.25) is 5.88 Å². The Kier molecular flexibility index (Phi) is 2.31. The van der Waals surface area contributed by atoms with Gasteiger partial charge in [-0.05, 0) is 53.0 Å². The molecule has 2 aromatic rings. The van der Waals surface area contributed by atoms with E-state index in [0.29, 0.717) is 5.41 Å². The zero-order valence-corrected chi connectivity index (χ0v) is 11.8. The van der Waals surface area contributed by atoms with Gasteiger partial charge in [0, 0.05) is 11.0 Å². The second-order valence-electron chi connectivity index (χ2n) is 5.42. The van der Waals surface area contributed by atoms with Crippen molar-refractivity contribution in [3.05, 3.63) is 34.6 Å². The van der Waals surface area contributed by atoms with Gasteiger partial charge in [0.25, 0.3) is 0 Å². The fourth-order valence-corrected chi connectivity index (χ4v) is 3.15. The summed E-state index contributed by atoms with van der Waals surface area (Å²) in [5, 5.41) is 4.61. The van der Waals surface area contributed by atoms with Gasteiger partial charge in [0.05, 0.1) is 13.2 Å². The molecule has 1 aromatic heterocycles. The first kappa shape index (κ1) is 11.5. The van der Waals surface area contributed by atoms with E-state index in [2.05, 4.69) is 21.0 Å². The molecule has 1 aromatic carbocycles. The number of benzene rings is 1. The summed E-state index contributed by atoms with van der Waals surface area (Å²) in [6.45, 7) is 1.70. The summed E-state index contributed by atoms with van der Waals surface area (Å²) in [5.74, 6) is 0.550. The SMILES string of the molecule is Fc1ccc(-c2nn3c(c2Br)OCC2(CC2)C3)cc1.